The first-order chi connectivity index (χ1) is 14.4. The Morgan fingerprint density at radius 3 is 2.23 bits per heavy atom. The summed E-state index contributed by atoms with van der Waals surface area (Å²) in [6.07, 6.45) is 11.9. The number of imidazole rings is 1. The van der Waals surface area contributed by atoms with Gasteiger partial charge in [-0.1, -0.05) is 5.92 Å². The fourth-order valence-corrected chi connectivity index (χ4v) is 4.43. The Bertz CT molecular complexity index is 1140. The van der Waals surface area contributed by atoms with Crippen molar-refractivity contribution in [2.24, 2.45) is 5.41 Å². The van der Waals surface area contributed by atoms with Gasteiger partial charge in [0.25, 0.3) is 0 Å². The van der Waals surface area contributed by atoms with Gasteiger partial charge in [-0.3, -0.25) is 0 Å². The minimum atomic E-state index is -0.819. The van der Waals surface area contributed by atoms with Crippen LogP contribution >= 0.6 is 0 Å². The maximum absolute atomic E-state index is 13.8. The highest BCUT2D eigenvalue weighted by molar-refractivity contribution is 5.60. The van der Waals surface area contributed by atoms with Crippen LogP contribution in [-0.4, -0.2) is 32.6 Å². The molecule has 1 aliphatic heterocycles. The zero-order valence-corrected chi connectivity index (χ0v) is 16.4. The number of terminal acetylenes is 1. The molecule has 5 rings (SSSR count). The van der Waals surface area contributed by atoms with Gasteiger partial charge in [0.1, 0.15) is 11.6 Å². The molecule has 1 aromatic carbocycles. The maximum Gasteiger partial charge on any atom is 0.219 e. The number of halogens is 2. The summed E-state index contributed by atoms with van der Waals surface area (Å²) in [6, 6.07) is 2.56. The van der Waals surface area contributed by atoms with Crippen LogP contribution < -0.4 is 10.6 Å². The molecule has 0 saturated carbocycles. The molecule has 0 bridgehead atoms. The van der Waals surface area contributed by atoms with E-state index in [2.05, 4.69) is 37.3 Å². The summed E-state index contributed by atoms with van der Waals surface area (Å²) in [5.74, 6) is 3.01. The van der Waals surface area contributed by atoms with E-state index in [4.69, 9.17) is 12.2 Å². The second-order valence-corrected chi connectivity index (χ2v) is 8.30. The van der Waals surface area contributed by atoms with Gasteiger partial charge in [0.15, 0.2) is 11.6 Å². The molecule has 0 atom stereocenters. The molecule has 1 aliphatic carbocycles. The van der Waals surface area contributed by atoms with E-state index in [0.29, 0.717) is 18.7 Å². The zero-order chi connectivity index (χ0) is 21.0. The van der Waals surface area contributed by atoms with Crippen LogP contribution in [0.5, 0.6) is 0 Å². The summed E-state index contributed by atoms with van der Waals surface area (Å²) >= 11 is 0. The smallest absolute Gasteiger partial charge is 0.219 e. The third-order valence-corrected chi connectivity index (χ3v) is 5.98. The van der Waals surface area contributed by atoms with Crippen LogP contribution in [0.4, 0.5) is 20.5 Å². The minimum absolute atomic E-state index is 0.0380. The second kappa shape index (κ2) is 6.52. The van der Waals surface area contributed by atoms with E-state index in [1.54, 1.807) is 12.4 Å². The quantitative estimate of drug-likeness (QED) is 0.677. The number of nitrogens with zero attached hydrogens (tertiary/aromatic N) is 5. The van der Waals surface area contributed by atoms with Crippen LogP contribution in [-0.2, 0) is 12.8 Å². The Morgan fingerprint density at radius 2 is 1.67 bits per heavy atom. The number of nitrogens with two attached hydrogens (primary N) is 1. The van der Waals surface area contributed by atoms with Crippen LogP contribution in [0.15, 0.2) is 30.7 Å². The van der Waals surface area contributed by atoms with Gasteiger partial charge in [0, 0.05) is 31.5 Å². The molecule has 8 heteroatoms. The van der Waals surface area contributed by atoms with Gasteiger partial charge in [-0.2, -0.15) is 0 Å². The van der Waals surface area contributed by atoms with E-state index in [0.717, 1.165) is 35.6 Å². The third-order valence-electron chi connectivity index (χ3n) is 5.98. The first-order valence-corrected chi connectivity index (χ1v) is 9.71. The van der Waals surface area contributed by atoms with E-state index >= 15 is 0 Å². The maximum atomic E-state index is 13.8. The average Bonchev–Trinajstić information content (AvgIpc) is 3.30. The number of hydrogen-bond acceptors (Lipinski definition) is 5. The van der Waals surface area contributed by atoms with Crippen molar-refractivity contribution in [3.05, 3.63) is 53.5 Å². The van der Waals surface area contributed by atoms with Gasteiger partial charge in [-0.15, -0.1) is 6.42 Å². The topological polar surface area (TPSA) is 72.9 Å². The standard InChI is InChI=1S/C22H20F2N6/c1-3-22(2)11-29(12-22)19-10-26-20(15-8-27-21(25)28-9-15)30(19)16-4-13-6-17(23)18(24)7-14(13)5-16/h1,6-10,16H,4-5,11-12H2,2H3,(H2,25,27,28). The number of hydrogen-bond donors (Lipinski definition) is 1. The molecule has 0 radical (unpaired) electrons. The molecule has 6 nitrogen and oxygen atoms in total. The first kappa shape index (κ1) is 18.6. The number of aromatic nitrogens is 4. The Labute approximate surface area is 172 Å². The Morgan fingerprint density at radius 1 is 1.07 bits per heavy atom. The van der Waals surface area contributed by atoms with E-state index in [9.17, 15) is 8.78 Å². The van der Waals surface area contributed by atoms with Gasteiger partial charge in [0.05, 0.1) is 17.2 Å². The summed E-state index contributed by atoms with van der Waals surface area (Å²) in [5, 5.41) is 0. The lowest BCUT2D eigenvalue weighted by molar-refractivity contribution is 0.332. The minimum Gasteiger partial charge on any atom is -0.368 e. The number of fused-ring (bicyclic) bond motifs is 1. The summed E-state index contributed by atoms with van der Waals surface area (Å²) in [5.41, 5.74) is 7.81. The molecule has 0 spiro atoms. The van der Waals surface area contributed by atoms with Crippen molar-refractivity contribution < 1.29 is 8.78 Å². The second-order valence-electron chi connectivity index (χ2n) is 8.30. The van der Waals surface area contributed by atoms with E-state index in [1.807, 2.05) is 6.20 Å². The highest BCUT2D eigenvalue weighted by Gasteiger charge is 2.40. The molecule has 2 aliphatic rings. The number of rotatable bonds is 3. The monoisotopic (exact) mass is 406 g/mol. The molecule has 30 heavy (non-hydrogen) atoms. The number of anilines is 2. The lowest BCUT2D eigenvalue weighted by Crippen LogP contribution is -2.54. The SMILES string of the molecule is C#CC1(C)CN(c2cnc(-c3cnc(N)nc3)n2C2Cc3cc(F)c(F)cc3C2)C1. The van der Waals surface area contributed by atoms with Crippen LogP contribution in [0, 0.1) is 29.4 Å². The van der Waals surface area contributed by atoms with E-state index in [-0.39, 0.29) is 17.4 Å². The van der Waals surface area contributed by atoms with Crippen LogP contribution in [0.3, 0.4) is 0 Å². The van der Waals surface area contributed by atoms with E-state index < -0.39 is 11.6 Å². The molecule has 0 amide bonds. The Balaban J connectivity index is 1.56. The molecular formula is C22H20F2N6. The summed E-state index contributed by atoms with van der Waals surface area (Å²) in [7, 11) is 0. The van der Waals surface area contributed by atoms with Gasteiger partial charge in [0.2, 0.25) is 5.95 Å². The zero-order valence-electron chi connectivity index (χ0n) is 16.4. The summed E-state index contributed by atoms with van der Waals surface area (Å²) < 4.78 is 29.7. The van der Waals surface area contributed by atoms with Crippen LogP contribution in [0.2, 0.25) is 0 Å². The lowest BCUT2D eigenvalue weighted by atomic mass is 9.83. The summed E-state index contributed by atoms with van der Waals surface area (Å²) in [4.78, 5) is 15.0. The fourth-order valence-electron chi connectivity index (χ4n) is 4.43. The van der Waals surface area contributed by atoms with Crippen LogP contribution in [0.25, 0.3) is 11.4 Å². The number of nitrogen functional groups attached to an aromatic ring is 1. The molecule has 1 saturated heterocycles. The largest absolute Gasteiger partial charge is 0.368 e. The molecule has 152 valence electrons. The van der Waals surface area contributed by atoms with Gasteiger partial charge >= 0.3 is 0 Å². The van der Waals surface area contributed by atoms with Gasteiger partial charge in [-0.05, 0) is 43.0 Å². The number of benzene rings is 1. The molecule has 1 fully saturated rings. The molecule has 2 N–H and O–H groups in total. The normalized spacial score (nSPS) is 17.5. The molecule has 2 aromatic heterocycles. The van der Waals surface area contributed by atoms with Crippen molar-refractivity contribution in [2.45, 2.75) is 25.8 Å². The highest BCUT2D eigenvalue weighted by Crippen LogP contribution is 2.41. The van der Waals surface area contributed by atoms with E-state index in [1.165, 1.54) is 12.1 Å². The first-order valence-electron chi connectivity index (χ1n) is 9.71. The van der Waals surface area contributed by atoms with Crippen LogP contribution in [0.1, 0.15) is 24.1 Å². The highest BCUT2D eigenvalue weighted by atomic mass is 19.2. The third kappa shape index (κ3) is 2.89. The molecule has 3 aromatic rings. The van der Waals surface area contributed by atoms with Crippen molar-refractivity contribution in [3.63, 3.8) is 0 Å². The van der Waals surface area contributed by atoms with Gasteiger partial charge in [-0.25, -0.2) is 23.7 Å². The molecule has 3 heterocycles. The van der Waals surface area contributed by atoms with Crippen molar-refractivity contribution in [3.8, 4) is 23.7 Å². The predicted molar refractivity (Wildman–Crippen MR) is 110 cm³/mol. The lowest BCUT2D eigenvalue weighted by Gasteiger charge is -2.46. The van der Waals surface area contributed by atoms with Gasteiger partial charge < -0.3 is 15.2 Å². The average molecular weight is 406 g/mol. The Kier molecular flexibility index (Phi) is 4.03. The van der Waals surface area contributed by atoms with Crippen molar-refractivity contribution in [1.82, 2.24) is 19.5 Å². The van der Waals surface area contributed by atoms with Crippen molar-refractivity contribution >= 4 is 11.8 Å². The van der Waals surface area contributed by atoms with Crippen molar-refractivity contribution in [2.75, 3.05) is 23.7 Å². The van der Waals surface area contributed by atoms with Crippen molar-refractivity contribution in [1.29, 1.82) is 0 Å². The predicted octanol–water partition coefficient (Wildman–Crippen LogP) is 3.00. The Hall–Kier alpha value is -3.47. The molecule has 0 unspecified atom stereocenters. The molecular weight excluding hydrogens is 386 g/mol. The summed E-state index contributed by atoms with van der Waals surface area (Å²) in [6.45, 7) is 3.49. The fraction of sp³-hybridized carbons (Fsp3) is 0.318.